The Morgan fingerprint density at radius 1 is 1.13 bits per heavy atom. The number of urea groups is 1. The quantitative estimate of drug-likeness (QED) is 0.589. The minimum absolute atomic E-state index is 0.0304. The normalized spacial score (nSPS) is 18.8. The number of hydrogen-bond acceptors (Lipinski definition) is 3. The lowest BCUT2D eigenvalue weighted by Gasteiger charge is -2.26. The van der Waals surface area contributed by atoms with Crippen molar-refractivity contribution >= 4 is 29.2 Å². The number of carbonyl (C=O) groups is 2. The summed E-state index contributed by atoms with van der Waals surface area (Å²) in [6.07, 6.45) is 2.54. The average molecular weight is 428 g/mol. The molecule has 0 saturated heterocycles. The number of ether oxygens (including phenoxy) is 1. The predicted octanol–water partition coefficient (Wildman–Crippen LogP) is 4.23. The number of fused-ring (bicyclic) bond motifs is 1. The maximum atomic E-state index is 12.4. The molecule has 2 aliphatic rings. The third kappa shape index (κ3) is 5.52. The first-order chi connectivity index (χ1) is 14.6. The van der Waals surface area contributed by atoms with Gasteiger partial charge >= 0.3 is 6.03 Å². The molecule has 1 aliphatic heterocycles. The zero-order valence-electron chi connectivity index (χ0n) is 16.7. The highest BCUT2D eigenvalue weighted by Crippen LogP contribution is 2.32. The Labute approximate surface area is 181 Å². The molecule has 0 aromatic heterocycles. The zero-order valence-corrected chi connectivity index (χ0v) is 17.5. The number of nitrogens with one attached hydrogen (secondary N) is 3. The van der Waals surface area contributed by atoms with Crippen molar-refractivity contribution in [3.63, 3.8) is 0 Å². The molecule has 0 radical (unpaired) electrons. The molecular formula is C23H26ClN3O3. The first-order valence-corrected chi connectivity index (χ1v) is 10.7. The lowest BCUT2D eigenvalue weighted by atomic mass is 9.90. The highest BCUT2D eigenvalue weighted by Gasteiger charge is 2.26. The first kappa shape index (κ1) is 20.7. The van der Waals surface area contributed by atoms with Crippen LogP contribution in [0, 0.1) is 5.92 Å². The van der Waals surface area contributed by atoms with Crippen LogP contribution in [0.3, 0.4) is 0 Å². The monoisotopic (exact) mass is 427 g/mol. The van der Waals surface area contributed by atoms with E-state index in [2.05, 4.69) is 16.0 Å². The van der Waals surface area contributed by atoms with E-state index in [1.807, 2.05) is 48.5 Å². The molecule has 2 unspecified atom stereocenters. The Morgan fingerprint density at radius 3 is 2.67 bits per heavy atom. The van der Waals surface area contributed by atoms with Gasteiger partial charge < -0.3 is 20.7 Å². The second-order valence-electron chi connectivity index (χ2n) is 7.94. The number of hydrogen-bond donors (Lipinski definition) is 3. The van der Waals surface area contributed by atoms with Crippen molar-refractivity contribution in [2.24, 2.45) is 5.92 Å². The third-order valence-electron chi connectivity index (χ3n) is 5.54. The van der Waals surface area contributed by atoms with Crippen molar-refractivity contribution in [1.82, 2.24) is 10.6 Å². The third-order valence-corrected chi connectivity index (χ3v) is 5.79. The second kappa shape index (κ2) is 9.49. The van der Waals surface area contributed by atoms with E-state index < -0.39 is 0 Å². The fourth-order valence-electron chi connectivity index (χ4n) is 3.63. The summed E-state index contributed by atoms with van der Waals surface area (Å²) in [5.41, 5.74) is 2.85. The van der Waals surface area contributed by atoms with Gasteiger partial charge in [-0.05, 0) is 48.1 Å². The van der Waals surface area contributed by atoms with Crippen molar-refractivity contribution < 1.29 is 14.3 Å². The lowest BCUT2D eigenvalue weighted by molar-refractivity contribution is -0.116. The molecule has 3 amide bonds. The van der Waals surface area contributed by atoms with Gasteiger partial charge in [-0.1, -0.05) is 41.9 Å². The Balaban J connectivity index is 1.31. The molecule has 1 saturated carbocycles. The Bertz CT molecular complexity index is 899. The standard InChI is InChI=1S/C23H26ClN3O3/c24-18-9-7-16(8-10-18)21(30-14-15-5-6-15)13-26-23(29)25-12-17-11-22(28)27-20-4-2-1-3-19(17)20/h1-4,7-10,15,17,21H,5-6,11-14H2,(H,27,28)(H2,25,26,29). The summed E-state index contributed by atoms with van der Waals surface area (Å²) < 4.78 is 6.06. The van der Waals surface area contributed by atoms with Gasteiger partial charge in [0.2, 0.25) is 5.91 Å². The van der Waals surface area contributed by atoms with Crippen molar-refractivity contribution in [3.05, 3.63) is 64.7 Å². The van der Waals surface area contributed by atoms with Crippen LogP contribution in [-0.2, 0) is 9.53 Å². The largest absolute Gasteiger partial charge is 0.371 e. The number of anilines is 1. The van der Waals surface area contributed by atoms with Crippen LogP contribution in [0.25, 0.3) is 0 Å². The van der Waals surface area contributed by atoms with Crippen molar-refractivity contribution in [2.45, 2.75) is 31.3 Å². The maximum Gasteiger partial charge on any atom is 0.314 e. The van der Waals surface area contributed by atoms with Crippen LogP contribution in [0.5, 0.6) is 0 Å². The molecule has 4 rings (SSSR count). The maximum absolute atomic E-state index is 12.4. The number of halogens is 1. The van der Waals surface area contributed by atoms with Crippen LogP contribution in [0.1, 0.15) is 42.4 Å². The van der Waals surface area contributed by atoms with E-state index in [4.69, 9.17) is 16.3 Å². The molecule has 6 nitrogen and oxygen atoms in total. The van der Waals surface area contributed by atoms with Gasteiger partial charge in [0.1, 0.15) is 0 Å². The molecule has 0 spiro atoms. The van der Waals surface area contributed by atoms with Crippen LogP contribution in [0.15, 0.2) is 48.5 Å². The SMILES string of the molecule is O=C1CC(CNC(=O)NCC(OCC2CC2)c2ccc(Cl)cc2)c2ccccc2N1. The summed E-state index contributed by atoms with van der Waals surface area (Å²) in [5, 5.41) is 9.35. The van der Waals surface area contributed by atoms with Crippen molar-refractivity contribution in [3.8, 4) is 0 Å². The highest BCUT2D eigenvalue weighted by atomic mass is 35.5. The van der Waals surface area contributed by atoms with Gasteiger partial charge in [0.25, 0.3) is 0 Å². The van der Waals surface area contributed by atoms with Crippen molar-refractivity contribution in [1.29, 1.82) is 0 Å². The van der Waals surface area contributed by atoms with E-state index in [1.165, 1.54) is 12.8 Å². The zero-order chi connectivity index (χ0) is 20.9. The Hall–Kier alpha value is -2.57. The van der Waals surface area contributed by atoms with Crippen LogP contribution in [-0.4, -0.2) is 31.6 Å². The van der Waals surface area contributed by atoms with Gasteiger partial charge in [-0.2, -0.15) is 0 Å². The summed E-state index contributed by atoms with van der Waals surface area (Å²) in [6, 6.07) is 14.9. The molecule has 3 N–H and O–H groups in total. The molecule has 1 heterocycles. The summed E-state index contributed by atoms with van der Waals surface area (Å²) >= 11 is 5.99. The lowest BCUT2D eigenvalue weighted by Crippen LogP contribution is -2.41. The molecule has 1 fully saturated rings. The molecular weight excluding hydrogens is 402 g/mol. The predicted molar refractivity (Wildman–Crippen MR) is 117 cm³/mol. The topological polar surface area (TPSA) is 79.5 Å². The number of amides is 3. The molecule has 0 bridgehead atoms. The minimum Gasteiger partial charge on any atom is -0.371 e. The van der Waals surface area contributed by atoms with Crippen LogP contribution in [0.2, 0.25) is 5.02 Å². The van der Waals surface area contributed by atoms with E-state index >= 15 is 0 Å². The van der Waals surface area contributed by atoms with E-state index in [1.54, 1.807) is 0 Å². The van der Waals surface area contributed by atoms with Gasteiger partial charge in [-0.15, -0.1) is 0 Å². The average Bonchev–Trinajstić information content (AvgIpc) is 3.57. The smallest absolute Gasteiger partial charge is 0.314 e. The van der Waals surface area contributed by atoms with Gasteiger partial charge in [-0.25, -0.2) is 4.79 Å². The van der Waals surface area contributed by atoms with Gasteiger partial charge in [0, 0.05) is 36.1 Å². The molecule has 7 heteroatoms. The minimum atomic E-state index is -0.271. The Morgan fingerprint density at radius 2 is 1.90 bits per heavy atom. The molecule has 2 aromatic rings. The fourth-order valence-corrected chi connectivity index (χ4v) is 3.76. The van der Waals surface area contributed by atoms with Crippen LogP contribution in [0.4, 0.5) is 10.5 Å². The summed E-state index contributed by atoms with van der Waals surface area (Å²) in [6.45, 7) is 1.46. The van der Waals surface area contributed by atoms with E-state index in [0.717, 1.165) is 16.8 Å². The molecule has 2 aromatic carbocycles. The Kier molecular flexibility index (Phi) is 6.55. The summed E-state index contributed by atoms with van der Waals surface area (Å²) in [4.78, 5) is 24.4. The van der Waals surface area contributed by atoms with E-state index in [-0.39, 0.29) is 24.0 Å². The first-order valence-electron chi connectivity index (χ1n) is 10.4. The number of benzene rings is 2. The van der Waals surface area contributed by atoms with Gasteiger partial charge in [0.05, 0.1) is 12.7 Å². The number of carbonyl (C=O) groups excluding carboxylic acids is 2. The molecule has 30 heavy (non-hydrogen) atoms. The van der Waals surface area contributed by atoms with Crippen LogP contribution >= 0.6 is 11.6 Å². The second-order valence-corrected chi connectivity index (χ2v) is 8.38. The molecule has 1 aliphatic carbocycles. The van der Waals surface area contributed by atoms with Crippen molar-refractivity contribution in [2.75, 3.05) is 25.0 Å². The highest BCUT2D eigenvalue weighted by molar-refractivity contribution is 6.30. The molecule has 158 valence electrons. The summed E-state index contributed by atoms with van der Waals surface area (Å²) in [5.74, 6) is 0.558. The van der Waals surface area contributed by atoms with E-state index in [9.17, 15) is 9.59 Å². The van der Waals surface area contributed by atoms with Gasteiger partial charge in [0.15, 0.2) is 0 Å². The molecule has 2 atom stereocenters. The van der Waals surface area contributed by atoms with Crippen LogP contribution < -0.4 is 16.0 Å². The number of para-hydroxylation sites is 1. The summed E-state index contributed by atoms with van der Waals surface area (Å²) in [7, 11) is 0. The van der Waals surface area contributed by atoms with Gasteiger partial charge in [-0.3, -0.25) is 4.79 Å². The number of rotatable bonds is 8. The fraction of sp³-hybridized carbons (Fsp3) is 0.391. The van der Waals surface area contributed by atoms with E-state index in [0.29, 0.717) is 37.1 Å².